The van der Waals surface area contributed by atoms with Crippen molar-refractivity contribution in [2.45, 2.75) is 19.4 Å². The second-order valence-electron chi connectivity index (χ2n) is 4.41. The number of aliphatic hydroxyl groups excluding tert-OH is 2. The van der Waals surface area contributed by atoms with Gasteiger partial charge in [0.2, 0.25) is 0 Å². The average Bonchev–Trinajstić information content (AvgIpc) is 2.75. The van der Waals surface area contributed by atoms with E-state index in [0.717, 1.165) is 10.9 Å². The van der Waals surface area contributed by atoms with E-state index in [0.29, 0.717) is 24.9 Å². The third-order valence-electron chi connectivity index (χ3n) is 3.16. The van der Waals surface area contributed by atoms with E-state index in [9.17, 15) is 9.90 Å². The maximum absolute atomic E-state index is 11.3. The topological polar surface area (TPSA) is 82.7 Å². The maximum Gasteiger partial charge on any atom is 0.337 e. The molecule has 2 rings (SSSR count). The molecular weight excluding hydrogens is 246 g/mol. The fourth-order valence-corrected chi connectivity index (χ4v) is 2.36. The lowest BCUT2D eigenvalue weighted by molar-refractivity contribution is 0.0698. The summed E-state index contributed by atoms with van der Waals surface area (Å²) in [6.45, 7) is 0.419. The molecule has 0 aliphatic rings. The molecule has 3 N–H and O–H groups in total. The van der Waals surface area contributed by atoms with Crippen LogP contribution in [0.25, 0.3) is 10.9 Å². The fourth-order valence-electron chi connectivity index (χ4n) is 2.36. The Bertz CT molecular complexity index is 588. The van der Waals surface area contributed by atoms with Crippen molar-refractivity contribution in [3.63, 3.8) is 0 Å². The number of benzene rings is 1. The molecule has 0 fully saturated rings. The Morgan fingerprint density at radius 1 is 1.21 bits per heavy atom. The molecule has 0 atom stereocenters. The highest BCUT2D eigenvalue weighted by Gasteiger charge is 2.15. The van der Waals surface area contributed by atoms with Crippen molar-refractivity contribution < 1.29 is 20.1 Å². The van der Waals surface area contributed by atoms with Gasteiger partial charge < -0.3 is 19.9 Å². The lowest BCUT2D eigenvalue weighted by atomic mass is 10.1. The number of aromatic nitrogens is 1. The Morgan fingerprint density at radius 3 is 2.63 bits per heavy atom. The molecule has 5 heteroatoms. The van der Waals surface area contributed by atoms with E-state index in [1.165, 1.54) is 0 Å². The van der Waals surface area contributed by atoms with E-state index in [1.807, 2.05) is 12.3 Å². The van der Waals surface area contributed by atoms with Gasteiger partial charge in [-0.15, -0.1) is 0 Å². The first-order valence-corrected chi connectivity index (χ1v) is 6.24. The van der Waals surface area contributed by atoms with Gasteiger partial charge in [-0.05, 0) is 24.5 Å². The van der Waals surface area contributed by atoms with Crippen molar-refractivity contribution >= 4 is 16.9 Å². The minimum Gasteiger partial charge on any atom is -0.478 e. The number of carboxylic acids is 1. The molecule has 0 saturated carbocycles. The van der Waals surface area contributed by atoms with E-state index in [1.54, 1.807) is 16.7 Å². The van der Waals surface area contributed by atoms with Crippen LogP contribution in [0.1, 0.15) is 22.3 Å². The molecular formula is C14H17NO4. The third-order valence-corrected chi connectivity index (χ3v) is 3.16. The van der Waals surface area contributed by atoms with Gasteiger partial charge in [-0.25, -0.2) is 4.79 Å². The zero-order chi connectivity index (χ0) is 13.8. The summed E-state index contributed by atoms with van der Waals surface area (Å²) in [4.78, 5) is 11.3. The summed E-state index contributed by atoms with van der Waals surface area (Å²) in [7, 11) is 0. The minimum atomic E-state index is -0.975. The lowest BCUT2D eigenvalue weighted by Gasteiger charge is -2.05. The van der Waals surface area contributed by atoms with Gasteiger partial charge in [-0.3, -0.25) is 0 Å². The van der Waals surface area contributed by atoms with Crippen molar-refractivity contribution in [3.05, 3.63) is 35.5 Å². The van der Waals surface area contributed by atoms with Crippen LogP contribution in [0.5, 0.6) is 0 Å². The highest BCUT2D eigenvalue weighted by Crippen LogP contribution is 2.26. The Kier molecular flexibility index (Phi) is 4.19. The van der Waals surface area contributed by atoms with Gasteiger partial charge in [0.15, 0.2) is 0 Å². The minimum absolute atomic E-state index is 0.0445. The van der Waals surface area contributed by atoms with Gasteiger partial charge in [-0.1, -0.05) is 12.1 Å². The Balaban J connectivity index is 2.60. The molecule has 0 aliphatic heterocycles. The number of aryl methyl sites for hydroxylation is 1. The third kappa shape index (κ3) is 2.62. The molecule has 0 radical (unpaired) electrons. The molecule has 102 valence electrons. The van der Waals surface area contributed by atoms with Crippen LogP contribution in [-0.2, 0) is 13.0 Å². The number of nitrogens with zero attached hydrogens (tertiary/aromatic N) is 1. The number of carboxylic acid groups (broad SMARTS) is 1. The number of rotatable bonds is 6. The standard InChI is InChI=1S/C14H17NO4/c16-7-2-3-10-9-15(6-8-17)13-11(10)4-1-5-12(13)14(18)19/h1,4-5,9,16-17H,2-3,6-8H2,(H,18,19). The molecule has 0 unspecified atom stereocenters. The molecule has 0 amide bonds. The number of fused-ring (bicyclic) bond motifs is 1. The molecule has 0 bridgehead atoms. The molecule has 1 heterocycles. The van der Waals surface area contributed by atoms with Crippen molar-refractivity contribution in [2.24, 2.45) is 0 Å². The Morgan fingerprint density at radius 2 is 2.00 bits per heavy atom. The number of hydrogen-bond acceptors (Lipinski definition) is 3. The summed E-state index contributed by atoms with van der Waals surface area (Å²) < 4.78 is 1.77. The van der Waals surface area contributed by atoms with Gasteiger partial charge >= 0.3 is 5.97 Å². The molecule has 0 spiro atoms. The van der Waals surface area contributed by atoms with Crippen molar-refractivity contribution in [1.29, 1.82) is 0 Å². The average molecular weight is 263 g/mol. The summed E-state index contributed by atoms with van der Waals surface area (Å²) in [6.07, 6.45) is 3.19. The number of hydrogen-bond donors (Lipinski definition) is 3. The van der Waals surface area contributed by atoms with Gasteiger partial charge in [-0.2, -0.15) is 0 Å². The molecule has 1 aromatic heterocycles. The second kappa shape index (κ2) is 5.86. The number of aromatic carboxylic acids is 1. The summed E-state index contributed by atoms with van der Waals surface area (Å²) in [6, 6.07) is 5.16. The van der Waals surface area contributed by atoms with Crippen LogP contribution in [0, 0.1) is 0 Å². The van der Waals surface area contributed by atoms with Crippen LogP contribution in [0.3, 0.4) is 0 Å². The largest absolute Gasteiger partial charge is 0.478 e. The summed E-state index contributed by atoms with van der Waals surface area (Å²) in [5.74, 6) is -0.975. The quantitative estimate of drug-likeness (QED) is 0.732. The van der Waals surface area contributed by atoms with Crippen LogP contribution in [0.2, 0.25) is 0 Å². The monoisotopic (exact) mass is 263 g/mol. The first-order chi connectivity index (χ1) is 9.19. The van der Waals surface area contributed by atoms with E-state index in [2.05, 4.69) is 0 Å². The highest BCUT2D eigenvalue weighted by molar-refractivity contribution is 6.03. The maximum atomic E-state index is 11.3. The Hall–Kier alpha value is -1.85. The number of para-hydroxylation sites is 1. The van der Waals surface area contributed by atoms with Crippen LogP contribution >= 0.6 is 0 Å². The highest BCUT2D eigenvalue weighted by atomic mass is 16.4. The molecule has 0 aliphatic carbocycles. The van der Waals surface area contributed by atoms with Crippen molar-refractivity contribution in [2.75, 3.05) is 13.2 Å². The lowest BCUT2D eigenvalue weighted by Crippen LogP contribution is -2.05. The molecule has 1 aromatic carbocycles. The molecule has 0 saturated heterocycles. The van der Waals surface area contributed by atoms with E-state index < -0.39 is 5.97 Å². The number of aliphatic hydroxyl groups is 2. The zero-order valence-corrected chi connectivity index (χ0v) is 10.5. The molecule has 19 heavy (non-hydrogen) atoms. The predicted molar refractivity (Wildman–Crippen MR) is 71.4 cm³/mol. The normalized spacial score (nSPS) is 11.1. The van der Waals surface area contributed by atoms with Crippen LogP contribution in [0.4, 0.5) is 0 Å². The summed E-state index contributed by atoms with van der Waals surface area (Å²) >= 11 is 0. The Labute approximate surface area is 110 Å². The van der Waals surface area contributed by atoms with Gasteiger partial charge in [0.25, 0.3) is 0 Å². The van der Waals surface area contributed by atoms with Crippen LogP contribution in [0.15, 0.2) is 24.4 Å². The van der Waals surface area contributed by atoms with Crippen molar-refractivity contribution in [3.8, 4) is 0 Å². The summed E-state index contributed by atoms with van der Waals surface area (Å²) in [5.41, 5.74) is 1.87. The fraction of sp³-hybridized carbons (Fsp3) is 0.357. The predicted octanol–water partition coefficient (Wildman–Crippen LogP) is 1.26. The molecule has 5 nitrogen and oxygen atoms in total. The number of carbonyl (C=O) groups is 1. The first kappa shape index (κ1) is 13.6. The summed E-state index contributed by atoms with van der Waals surface area (Å²) in [5, 5.41) is 28.1. The second-order valence-corrected chi connectivity index (χ2v) is 4.41. The van der Waals surface area contributed by atoms with E-state index >= 15 is 0 Å². The SMILES string of the molecule is O=C(O)c1cccc2c(CCCO)cn(CCO)c12. The van der Waals surface area contributed by atoms with Gasteiger partial charge in [0.05, 0.1) is 17.7 Å². The smallest absolute Gasteiger partial charge is 0.337 e. The van der Waals surface area contributed by atoms with E-state index in [-0.39, 0.29) is 18.8 Å². The molecule has 2 aromatic rings. The van der Waals surface area contributed by atoms with Gasteiger partial charge in [0, 0.05) is 24.7 Å². The van der Waals surface area contributed by atoms with Crippen LogP contribution < -0.4 is 0 Å². The van der Waals surface area contributed by atoms with E-state index in [4.69, 9.17) is 10.2 Å². The van der Waals surface area contributed by atoms with Crippen LogP contribution in [-0.4, -0.2) is 39.1 Å². The first-order valence-electron chi connectivity index (χ1n) is 6.24. The van der Waals surface area contributed by atoms with Gasteiger partial charge in [0.1, 0.15) is 0 Å². The van der Waals surface area contributed by atoms with Crippen molar-refractivity contribution in [1.82, 2.24) is 4.57 Å². The zero-order valence-electron chi connectivity index (χ0n) is 10.5.